The summed E-state index contributed by atoms with van der Waals surface area (Å²) in [5.74, 6) is 0. The van der Waals surface area contributed by atoms with E-state index >= 15 is 0 Å². The first-order chi connectivity index (χ1) is 9.61. The lowest BCUT2D eigenvalue weighted by Gasteiger charge is -2.15. The summed E-state index contributed by atoms with van der Waals surface area (Å²) in [7, 11) is 0. The maximum atomic E-state index is 11.0. The zero-order valence-electron chi connectivity index (χ0n) is 10.8. The molecule has 0 spiro atoms. The van der Waals surface area contributed by atoms with E-state index in [-0.39, 0.29) is 11.7 Å². The van der Waals surface area contributed by atoms with Gasteiger partial charge in [-0.05, 0) is 30.7 Å². The molecule has 0 saturated heterocycles. The van der Waals surface area contributed by atoms with Gasteiger partial charge in [-0.3, -0.25) is 15.1 Å². The Morgan fingerprint density at radius 2 is 2.25 bits per heavy atom. The van der Waals surface area contributed by atoms with Gasteiger partial charge in [-0.15, -0.1) is 0 Å². The van der Waals surface area contributed by atoms with E-state index in [1.807, 2.05) is 19.1 Å². The predicted molar refractivity (Wildman–Crippen MR) is 74.1 cm³/mol. The third-order valence-electron chi connectivity index (χ3n) is 2.88. The largest absolute Gasteiger partial charge is 0.373 e. The van der Waals surface area contributed by atoms with Gasteiger partial charge in [0.1, 0.15) is 5.69 Å². The van der Waals surface area contributed by atoms with E-state index < -0.39 is 4.92 Å². The highest BCUT2D eigenvalue weighted by Crippen LogP contribution is 2.28. The quantitative estimate of drug-likeness (QED) is 0.679. The summed E-state index contributed by atoms with van der Waals surface area (Å²) in [5.41, 5.74) is 1.55. The van der Waals surface area contributed by atoms with Crippen LogP contribution in [0.3, 0.4) is 0 Å². The molecule has 1 atom stereocenters. The van der Waals surface area contributed by atoms with Crippen LogP contribution in [0.2, 0.25) is 0 Å². The third-order valence-corrected chi connectivity index (χ3v) is 2.88. The van der Waals surface area contributed by atoms with Crippen molar-refractivity contribution < 1.29 is 4.92 Å². The van der Waals surface area contributed by atoms with Gasteiger partial charge >= 0.3 is 0 Å². The average Bonchev–Trinajstić information content (AvgIpc) is 2.47. The number of nitro groups is 1. The first-order valence-electron chi connectivity index (χ1n) is 5.97. The molecule has 1 unspecified atom stereocenters. The molecule has 1 aromatic heterocycles. The van der Waals surface area contributed by atoms with Gasteiger partial charge < -0.3 is 5.32 Å². The highest BCUT2D eigenvalue weighted by molar-refractivity contribution is 5.65. The van der Waals surface area contributed by atoms with Gasteiger partial charge in [0, 0.05) is 18.5 Å². The molecule has 20 heavy (non-hydrogen) atoms. The molecule has 6 heteroatoms. The van der Waals surface area contributed by atoms with Gasteiger partial charge in [-0.25, -0.2) is 0 Å². The molecule has 0 aliphatic carbocycles. The Bertz CT molecular complexity index is 665. The van der Waals surface area contributed by atoms with Crippen LogP contribution >= 0.6 is 0 Å². The second-order valence-electron chi connectivity index (χ2n) is 4.25. The Kier molecular flexibility index (Phi) is 3.91. The number of benzene rings is 1. The second-order valence-corrected chi connectivity index (χ2v) is 4.25. The van der Waals surface area contributed by atoms with Crippen molar-refractivity contribution >= 4 is 11.4 Å². The minimum atomic E-state index is -0.473. The first kappa shape index (κ1) is 13.5. The Morgan fingerprint density at radius 1 is 1.45 bits per heavy atom. The van der Waals surface area contributed by atoms with Crippen molar-refractivity contribution in [1.29, 1.82) is 5.26 Å². The van der Waals surface area contributed by atoms with E-state index in [9.17, 15) is 10.1 Å². The number of pyridine rings is 1. The number of anilines is 1. The molecule has 100 valence electrons. The topological polar surface area (TPSA) is 91.8 Å². The highest BCUT2D eigenvalue weighted by Gasteiger charge is 2.16. The average molecular weight is 268 g/mol. The van der Waals surface area contributed by atoms with Crippen LogP contribution < -0.4 is 5.32 Å². The molecular formula is C14H12N4O2. The van der Waals surface area contributed by atoms with E-state index in [1.165, 1.54) is 18.2 Å². The van der Waals surface area contributed by atoms with E-state index in [2.05, 4.69) is 10.3 Å². The number of nitrogens with zero attached hydrogens (tertiary/aromatic N) is 3. The number of hydrogen-bond acceptors (Lipinski definition) is 5. The first-order valence-corrected chi connectivity index (χ1v) is 5.97. The van der Waals surface area contributed by atoms with Crippen LogP contribution in [0.25, 0.3) is 0 Å². The minimum Gasteiger partial charge on any atom is -0.373 e. The monoisotopic (exact) mass is 268 g/mol. The molecule has 0 aliphatic heterocycles. The number of aromatic nitrogens is 1. The van der Waals surface area contributed by atoms with Gasteiger partial charge in [-0.1, -0.05) is 6.07 Å². The summed E-state index contributed by atoms with van der Waals surface area (Å²) in [4.78, 5) is 14.5. The van der Waals surface area contributed by atoms with Crippen LogP contribution in [-0.2, 0) is 0 Å². The maximum absolute atomic E-state index is 11.0. The van der Waals surface area contributed by atoms with Crippen LogP contribution in [0.1, 0.15) is 24.1 Å². The number of nitrogens with one attached hydrogen (secondary N) is 1. The van der Waals surface area contributed by atoms with Gasteiger partial charge in [0.05, 0.1) is 22.6 Å². The second kappa shape index (κ2) is 5.80. The maximum Gasteiger partial charge on any atom is 0.292 e. The SMILES string of the molecule is CC(Nc1cc(C#N)ccc1[N+](=O)[O-])c1cccnc1. The summed E-state index contributed by atoms with van der Waals surface area (Å²) >= 11 is 0. The molecule has 2 rings (SSSR count). The Hall–Kier alpha value is -2.94. The molecule has 0 radical (unpaired) electrons. The van der Waals surface area contributed by atoms with E-state index in [0.717, 1.165) is 5.56 Å². The molecule has 2 aromatic rings. The van der Waals surface area contributed by atoms with Crippen LogP contribution in [0.5, 0.6) is 0 Å². The predicted octanol–water partition coefficient (Wildman–Crippen LogP) is 3.03. The molecule has 1 heterocycles. The summed E-state index contributed by atoms with van der Waals surface area (Å²) in [6.45, 7) is 1.87. The molecule has 1 aromatic carbocycles. The number of hydrogen-bond donors (Lipinski definition) is 1. The zero-order chi connectivity index (χ0) is 14.5. The smallest absolute Gasteiger partial charge is 0.292 e. The van der Waals surface area contributed by atoms with Crippen molar-refractivity contribution in [2.75, 3.05) is 5.32 Å². The lowest BCUT2D eigenvalue weighted by Crippen LogP contribution is -2.08. The third kappa shape index (κ3) is 2.90. The fourth-order valence-electron chi connectivity index (χ4n) is 1.83. The van der Waals surface area contributed by atoms with Crippen molar-refractivity contribution in [3.8, 4) is 6.07 Å². The Labute approximate surface area is 115 Å². The number of rotatable bonds is 4. The summed E-state index contributed by atoms with van der Waals surface area (Å²) in [6, 6.07) is 9.73. The molecule has 0 amide bonds. The number of nitro benzene ring substituents is 1. The van der Waals surface area contributed by atoms with Crippen LogP contribution in [0.4, 0.5) is 11.4 Å². The lowest BCUT2D eigenvalue weighted by atomic mass is 10.1. The summed E-state index contributed by atoms with van der Waals surface area (Å²) in [6.07, 6.45) is 3.35. The van der Waals surface area contributed by atoms with Crippen molar-refractivity contribution in [2.24, 2.45) is 0 Å². The van der Waals surface area contributed by atoms with E-state index in [1.54, 1.807) is 18.5 Å². The Morgan fingerprint density at radius 3 is 2.85 bits per heavy atom. The minimum absolute atomic E-state index is 0.0558. The van der Waals surface area contributed by atoms with Gasteiger partial charge in [0.2, 0.25) is 0 Å². The summed E-state index contributed by atoms with van der Waals surface area (Å²) in [5, 5.41) is 22.9. The zero-order valence-corrected chi connectivity index (χ0v) is 10.8. The highest BCUT2D eigenvalue weighted by atomic mass is 16.6. The standard InChI is InChI=1S/C14H12N4O2/c1-10(12-3-2-6-16-9-12)17-13-7-11(8-15)4-5-14(13)18(19)20/h2-7,9-10,17H,1H3. The van der Waals surface area contributed by atoms with Gasteiger partial charge in [0.25, 0.3) is 5.69 Å². The number of nitriles is 1. The van der Waals surface area contributed by atoms with Crippen molar-refractivity contribution in [3.63, 3.8) is 0 Å². The van der Waals surface area contributed by atoms with Gasteiger partial charge in [0.15, 0.2) is 0 Å². The lowest BCUT2D eigenvalue weighted by molar-refractivity contribution is -0.384. The molecule has 1 N–H and O–H groups in total. The fourth-order valence-corrected chi connectivity index (χ4v) is 1.83. The molecule has 0 bridgehead atoms. The van der Waals surface area contributed by atoms with Crippen molar-refractivity contribution in [3.05, 3.63) is 64.0 Å². The van der Waals surface area contributed by atoms with E-state index in [4.69, 9.17) is 5.26 Å². The van der Waals surface area contributed by atoms with Gasteiger partial charge in [-0.2, -0.15) is 5.26 Å². The molecular weight excluding hydrogens is 256 g/mol. The van der Waals surface area contributed by atoms with Crippen molar-refractivity contribution in [1.82, 2.24) is 4.98 Å². The Balaban J connectivity index is 2.32. The fraction of sp³-hybridized carbons (Fsp3) is 0.143. The van der Waals surface area contributed by atoms with Crippen LogP contribution in [0, 0.1) is 21.4 Å². The van der Waals surface area contributed by atoms with Crippen molar-refractivity contribution in [2.45, 2.75) is 13.0 Å². The van der Waals surface area contributed by atoms with E-state index in [0.29, 0.717) is 11.3 Å². The summed E-state index contributed by atoms with van der Waals surface area (Å²) < 4.78 is 0. The molecule has 0 saturated carbocycles. The molecule has 6 nitrogen and oxygen atoms in total. The molecule has 0 fully saturated rings. The van der Waals surface area contributed by atoms with Crippen LogP contribution in [-0.4, -0.2) is 9.91 Å². The normalized spacial score (nSPS) is 11.4. The molecule has 0 aliphatic rings. The van der Waals surface area contributed by atoms with Crippen LogP contribution in [0.15, 0.2) is 42.7 Å².